The highest BCUT2D eigenvalue weighted by molar-refractivity contribution is 7.17. The molecule has 1 aliphatic carbocycles. The fourth-order valence-corrected chi connectivity index (χ4v) is 5.51. The van der Waals surface area contributed by atoms with E-state index >= 15 is 0 Å². The molecule has 0 spiro atoms. The summed E-state index contributed by atoms with van der Waals surface area (Å²) in [7, 11) is 0. The number of nitro benzene ring substituents is 1. The highest BCUT2D eigenvalue weighted by atomic mass is 32.1. The molecule has 1 atom stereocenters. The number of hydrogen-bond donors (Lipinski definition) is 1. The maximum atomic E-state index is 12.9. The molecule has 1 amide bonds. The standard InChI is InChI=1S/C22H23N3O7S/c1-3-31-22(28)20-14-6-4-12(2)8-17(14)33-21(20)23-18(26)10-24-11-19(27)32-16-9-13(25(29)30)5-7-15(16)24/h5,7,9,12H,3-4,6,8,10-11H2,1-2H3,(H,23,26). The van der Waals surface area contributed by atoms with Crippen LogP contribution in [0.25, 0.3) is 0 Å². The van der Waals surface area contributed by atoms with Crippen molar-refractivity contribution in [2.45, 2.75) is 33.1 Å². The van der Waals surface area contributed by atoms with Gasteiger partial charge in [-0.25, -0.2) is 9.59 Å². The quantitative estimate of drug-likeness (QED) is 0.293. The lowest BCUT2D eigenvalue weighted by molar-refractivity contribution is -0.384. The fourth-order valence-electron chi connectivity index (χ4n) is 4.09. The maximum absolute atomic E-state index is 12.9. The first kappa shape index (κ1) is 22.7. The number of carbonyl (C=O) groups is 3. The zero-order valence-corrected chi connectivity index (χ0v) is 19.0. The Morgan fingerprint density at radius 1 is 1.39 bits per heavy atom. The van der Waals surface area contributed by atoms with Gasteiger partial charge in [-0.3, -0.25) is 14.9 Å². The normalized spacial score (nSPS) is 17.0. The van der Waals surface area contributed by atoms with Gasteiger partial charge in [-0.1, -0.05) is 6.92 Å². The van der Waals surface area contributed by atoms with Crippen molar-refractivity contribution in [3.63, 3.8) is 0 Å². The van der Waals surface area contributed by atoms with Crippen LogP contribution >= 0.6 is 11.3 Å². The van der Waals surface area contributed by atoms with Gasteiger partial charge in [-0.15, -0.1) is 11.3 Å². The summed E-state index contributed by atoms with van der Waals surface area (Å²) in [4.78, 5) is 50.6. The summed E-state index contributed by atoms with van der Waals surface area (Å²) in [6, 6.07) is 3.89. The number of esters is 2. The molecule has 1 aromatic heterocycles. The molecule has 0 radical (unpaired) electrons. The first-order chi connectivity index (χ1) is 15.8. The van der Waals surface area contributed by atoms with Gasteiger partial charge in [0, 0.05) is 10.9 Å². The van der Waals surface area contributed by atoms with E-state index in [-0.39, 0.29) is 31.1 Å². The molecular formula is C22H23N3O7S. The van der Waals surface area contributed by atoms with E-state index < -0.39 is 22.8 Å². The van der Waals surface area contributed by atoms with Crippen LogP contribution in [0.2, 0.25) is 0 Å². The molecule has 0 saturated carbocycles. The Bertz CT molecular complexity index is 1140. The van der Waals surface area contributed by atoms with Crippen LogP contribution in [0.5, 0.6) is 5.75 Å². The van der Waals surface area contributed by atoms with E-state index in [1.165, 1.54) is 28.4 Å². The molecule has 174 valence electrons. The highest BCUT2D eigenvalue weighted by Gasteiger charge is 2.31. The number of benzene rings is 1. The highest BCUT2D eigenvalue weighted by Crippen LogP contribution is 2.40. The lowest BCUT2D eigenvalue weighted by Crippen LogP contribution is -2.41. The van der Waals surface area contributed by atoms with Gasteiger partial charge < -0.3 is 19.7 Å². The van der Waals surface area contributed by atoms with Crippen LogP contribution in [0.15, 0.2) is 18.2 Å². The third kappa shape index (κ3) is 4.68. The number of amides is 1. The summed E-state index contributed by atoms with van der Waals surface area (Å²) in [5, 5.41) is 14.3. The van der Waals surface area contributed by atoms with Gasteiger partial charge in [0.15, 0.2) is 5.75 Å². The topological polar surface area (TPSA) is 128 Å². The van der Waals surface area contributed by atoms with E-state index in [9.17, 15) is 24.5 Å². The van der Waals surface area contributed by atoms with Crippen molar-refractivity contribution < 1.29 is 28.8 Å². The van der Waals surface area contributed by atoms with E-state index in [1.54, 1.807) is 6.92 Å². The number of ether oxygens (including phenoxy) is 2. The fraction of sp³-hybridized carbons (Fsp3) is 0.409. The summed E-state index contributed by atoms with van der Waals surface area (Å²) in [5.41, 5.74) is 1.53. The third-order valence-corrected chi connectivity index (χ3v) is 6.79. The van der Waals surface area contributed by atoms with Gasteiger partial charge in [0.05, 0.1) is 35.4 Å². The number of nitrogens with one attached hydrogen (secondary N) is 1. The van der Waals surface area contributed by atoms with E-state index in [2.05, 4.69) is 12.2 Å². The Balaban J connectivity index is 1.57. The Morgan fingerprint density at radius 3 is 2.91 bits per heavy atom. The monoisotopic (exact) mass is 473 g/mol. The molecule has 0 bridgehead atoms. The Hall–Kier alpha value is -3.47. The summed E-state index contributed by atoms with van der Waals surface area (Å²) in [5.74, 6) is -0.982. The van der Waals surface area contributed by atoms with Crippen molar-refractivity contribution in [2.75, 3.05) is 29.9 Å². The lowest BCUT2D eigenvalue weighted by Gasteiger charge is -2.28. The van der Waals surface area contributed by atoms with E-state index in [4.69, 9.17) is 9.47 Å². The van der Waals surface area contributed by atoms with E-state index in [0.29, 0.717) is 22.2 Å². The van der Waals surface area contributed by atoms with Crippen LogP contribution < -0.4 is 15.0 Å². The SMILES string of the molecule is CCOC(=O)c1c(NC(=O)CN2CC(=O)Oc3cc([N+](=O)[O-])ccc32)sc2c1CCC(C)C2. The molecule has 2 heterocycles. The zero-order valence-electron chi connectivity index (χ0n) is 18.2. The maximum Gasteiger partial charge on any atom is 0.341 e. The number of nitro groups is 1. The molecule has 1 aliphatic heterocycles. The average Bonchev–Trinajstić information content (AvgIpc) is 3.09. The Morgan fingerprint density at radius 2 is 2.18 bits per heavy atom. The van der Waals surface area contributed by atoms with Crippen LogP contribution in [0, 0.1) is 16.0 Å². The van der Waals surface area contributed by atoms with Crippen molar-refractivity contribution in [2.24, 2.45) is 5.92 Å². The van der Waals surface area contributed by atoms with Crippen molar-refractivity contribution in [3.05, 3.63) is 44.3 Å². The molecule has 10 nitrogen and oxygen atoms in total. The first-order valence-corrected chi connectivity index (χ1v) is 11.4. The predicted octanol–water partition coefficient (Wildman–Crippen LogP) is 3.32. The minimum Gasteiger partial charge on any atom is -0.462 e. The predicted molar refractivity (Wildman–Crippen MR) is 121 cm³/mol. The number of nitrogens with zero attached hydrogens (tertiary/aromatic N) is 2. The first-order valence-electron chi connectivity index (χ1n) is 10.6. The summed E-state index contributed by atoms with van der Waals surface area (Å²) >= 11 is 1.38. The van der Waals surface area contributed by atoms with Gasteiger partial charge in [0.1, 0.15) is 11.5 Å². The van der Waals surface area contributed by atoms with Crippen molar-refractivity contribution >= 4 is 45.6 Å². The second-order valence-corrected chi connectivity index (χ2v) is 9.17. The molecule has 2 aliphatic rings. The average molecular weight is 474 g/mol. The molecule has 4 rings (SSSR count). The van der Waals surface area contributed by atoms with Crippen LogP contribution in [0.4, 0.5) is 16.4 Å². The van der Waals surface area contributed by atoms with Crippen molar-refractivity contribution in [1.82, 2.24) is 0 Å². The molecule has 33 heavy (non-hydrogen) atoms. The molecule has 0 saturated heterocycles. The second-order valence-electron chi connectivity index (χ2n) is 8.06. The summed E-state index contributed by atoms with van der Waals surface area (Å²) < 4.78 is 10.4. The number of non-ortho nitro benzene ring substituents is 1. The zero-order chi connectivity index (χ0) is 23.7. The van der Waals surface area contributed by atoms with Gasteiger partial charge in [-0.05, 0) is 43.7 Å². The Kier molecular flexibility index (Phi) is 6.32. The number of carbonyl (C=O) groups excluding carboxylic acids is 3. The minimum atomic E-state index is -0.622. The lowest BCUT2D eigenvalue weighted by atomic mass is 9.88. The summed E-state index contributed by atoms with van der Waals surface area (Å²) in [6.07, 6.45) is 2.55. The third-order valence-electron chi connectivity index (χ3n) is 5.62. The molecule has 1 aromatic carbocycles. The van der Waals surface area contributed by atoms with Crippen LogP contribution in [0.3, 0.4) is 0 Å². The van der Waals surface area contributed by atoms with Crippen LogP contribution in [-0.2, 0) is 27.2 Å². The van der Waals surface area contributed by atoms with E-state index in [1.807, 2.05) is 0 Å². The second kappa shape index (κ2) is 9.18. The van der Waals surface area contributed by atoms with Gasteiger partial charge in [0.25, 0.3) is 5.69 Å². The Labute approximate surface area is 193 Å². The molecule has 1 N–H and O–H groups in total. The molecule has 2 aromatic rings. The minimum absolute atomic E-state index is 0.0287. The van der Waals surface area contributed by atoms with Gasteiger partial charge in [0.2, 0.25) is 5.91 Å². The number of fused-ring (bicyclic) bond motifs is 2. The summed E-state index contributed by atoms with van der Waals surface area (Å²) in [6.45, 7) is 3.74. The molecular weight excluding hydrogens is 450 g/mol. The molecule has 1 unspecified atom stereocenters. The number of thiophene rings is 1. The smallest absolute Gasteiger partial charge is 0.341 e. The number of hydrogen-bond acceptors (Lipinski definition) is 9. The van der Waals surface area contributed by atoms with Crippen molar-refractivity contribution in [1.29, 1.82) is 0 Å². The van der Waals surface area contributed by atoms with Crippen LogP contribution in [-0.4, -0.2) is 42.5 Å². The van der Waals surface area contributed by atoms with Gasteiger partial charge in [-0.2, -0.15) is 0 Å². The van der Waals surface area contributed by atoms with Gasteiger partial charge >= 0.3 is 11.9 Å². The number of anilines is 2. The molecule has 11 heteroatoms. The van der Waals surface area contributed by atoms with E-state index in [0.717, 1.165) is 35.8 Å². The number of rotatable bonds is 6. The largest absolute Gasteiger partial charge is 0.462 e. The van der Waals surface area contributed by atoms with Crippen LogP contribution in [0.1, 0.15) is 41.1 Å². The van der Waals surface area contributed by atoms with Crippen molar-refractivity contribution in [3.8, 4) is 5.75 Å². The molecule has 0 fully saturated rings.